The largest absolute Gasteiger partial charge is 0.375 e. The van der Waals surface area contributed by atoms with Crippen LogP contribution in [0, 0.1) is 5.82 Å². The summed E-state index contributed by atoms with van der Waals surface area (Å²) in [6.45, 7) is 0.466. The molecule has 0 spiro atoms. The molecule has 0 aliphatic rings. The topological polar surface area (TPSA) is 41.1 Å². The van der Waals surface area contributed by atoms with Gasteiger partial charge in [0, 0.05) is 11.6 Å². The van der Waals surface area contributed by atoms with Crippen molar-refractivity contribution < 1.29 is 9.18 Å². The van der Waals surface area contributed by atoms with Crippen LogP contribution in [-0.2, 0) is 11.3 Å². The lowest BCUT2D eigenvalue weighted by atomic mass is 10.2. The molecule has 21 heavy (non-hydrogen) atoms. The second kappa shape index (κ2) is 7.29. The van der Waals surface area contributed by atoms with Gasteiger partial charge in [-0.25, -0.2) is 4.39 Å². The number of benzene rings is 2. The number of rotatable bonds is 5. The zero-order valence-electron chi connectivity index (χ0n) is 11.0. The van der Waals surface area contributed by atoms with Crippen molar-refractivity contribution in [1.29, 1.82) is 0 Å². The van der Waals surface area contributed by atoms with Gasteiger partial charge in [0.15, 0.2) is 0 Å². The molecule has 0 radical (unpaired) electrons. The maximum Gasteiger partial charge on any atom is 0.239 e. The van der Waals surface area contributed by atoms with E-state index in [4.69, 9.17) is 23.2 Å². The lowest BCUT2D eigenvalue weighted by Crippen LogP contribution is -2.29. The second-order valence-electron chi connectivity index (χ2n) is 4.38. The Morgan fingerprint density at radius 3 is 2.48 bits per heavy atom. The van der Waals surface area contributed by atoms with Crippen LogP contribution in [0.15, 0.2) is 42.5 Å². The molecule has 2 N–H and O–H groups in total. The molecule has 2 rings (SSSR count). The number of hydrogen-bond acceptors (Lipinski definition) is 2. The quantitative estimate of drug-likeness (QED) is 0.875. The Balaban J connectivity index is 1.80. The molecule has 0 heterocycles. The van der Waals surface area contributed by atoms with Crippen LogP contribution in [-0.4, -0.2) is 12.5 Å². The van der Waals surface area contributed by atoms with Crippen molar-refractivity contribution in [1.82, 2.24) is 5.32 Å². The van der Waals surface area contributed by atoms with Gasteiger partial charge in [-0.05, 0) is 35.9 Å². The molecule has 0 fully saturated rings. The molecule has 3 nitrogen and oxygen atoms in total. The molecule has 6 heteroatoms. The van der Waals surface area contributed by atoms with Crippen molar-refractivity contribution in [3.8, 4) is 0 Å². The first-order valence-corrected chi connectivity index (χ1v) is 7.00. The summed E-state index contributed by atoms with van der Waals surface area (Å²) in [4.78, 5) is 11.7. The Morgan fingerprint density at radius 2 is 1.81 bits per heavy atom. The Hall–Kier alpha value is -1.78. The molecule has 0 bridgehead atoms. The minimum absolute atomic E-state index is 0.0545. The number of hydrogen-bond donors (Lipinski definition) is 2. The van der Waals surface area contributed by atoms with Crippen molar-refractivity contribution >= 4 is 34.8 Å². The van der Waals surface area contributed by atoms with Crippen LogP contribution >= 0.6 is 23.2 Å². The van der Waals surface area contributed by atoms with Crippen LogP contribution in [0.5, 0.6) is 0 Å². The summed E-state index contributed by atoms with van der Waals surface area (Å²) in [7, 11) is 0. The van der Waals surface area contributed by atoms with Crippen molar-refractivity contribution in [3.05, 3.63) is 63.9 Å². The van der Waals surface area contributed by atoms with Crippen LogP contribution < -0.4 is 10.6 Å². The number of anilines is 1. The predicted octanol–water partition coefficient (Wildman–Crippen LogP) is 3.86. The third kappa shape index (κ3) is 4.92. The van der Waals surface area contributed by atoms with E-state index in [0.29, 0.717) is 17.3 Å². The van der Waals surface area contributed by atoms with Crippen LogP contribution in [0.2, 0.25) is 10.0 Å². The maximum atomic E-state index is 12.9. The highest BCUT2D eigenvalue weighted by molar-refractivity contribution is 6.33. The van der Waals surface area contributed by atoms with E-state index in [0.717, 1.165) is 5.56 Å². The highest BCUT2D eigenvalue weighted by Crippen LogP contribution is 2.21. The van der Waals surface area contributed by atoms with Crippen molar-refractivity contribution in [3.63, 3.8) is 0 Å². The fourth-order valence-electron chi connectivity index (χ4n) is 1.67. The van der Waals surface area contributed by atoms with Gasteiger partial charge in [0.25, 0.3) is 0 Å². The Morgan fingerprint density at radius 1 is 1.10 bits per heavy atom. The summed E-state index contributed by atoms with van der Waals surface area (Å²) in [5, 5.41) is 6.50. The number of carbonyl (C=O) groups is 1. The summed E-state index contributed by atoms with van der Waals surface area (Å²) < 4.78 is 12.9. The summed E-state index contributed by atoms with van der Waals surface area (Å²) in [5.41, 5.74) is 1.47. The van der Waals surface area contributed by atoms with E-state index in [2.05, 4.69) is 10.6 Å². The third-order valence-electron chi connectivity index (χ3n) is 2.77. The average molecular weight is 327 g/mol. The van der Waals surface area contributed by atoms with E-state index < -0.39 is 5.82 Å². The molecule has 2 aromatic carbocycles. The van der Waals surface area contributed by atoms with Gasteiger partial charge in [-0.2, -0.15) is 0 Å². The minimum Gasteiger partial charge on any atom is -0.375 e. The summed E-state index contributed by atoms with van der Waals surface area (Å²) in [6.07, 6.45) is 0. The zero-order valence-corrected chi connectivity index (χ0v) is 12.5. The van der Waals surface area contributed by atoms with E-state index >= 15 is 0 Å². The number of amides is 1. The molecule has 0 aliphatic carbocycles. The molecule has 0 saturated carbocycles. The van der Waals surface area contributed by atoms with Crippen LogP contribution in [0.4, 0.5) is 10.1 Å². The zero-order chi connectivity index (χ0) is 15.2. The minimum atomic E-state index is -0.419. The smallest absolute Gasteiger partial charge is 0.239 e. The summed E-state index contributed by atoms with van der Waals surface area (Å²) >= 11 is 11.6. The SMILES string of the molecule is O=C(CNc1ccc(F)cc1Cl)NCc1ccc(Cl)cc1. The van der Waals surface area contributed by atoms with Gasteiger partial charge in [-0.1, -0.05) is 35.3 Å². The molecule has 0 unspecified atom stereocenters. The number of halogens is 3. The van der Waals surface area contributed by atoms with Crippen molar-refractivity contribution in [2.75, 3.05) is 11.9 Å². The Bertz CT molecular complexity index is 632. The first kappa shape index (κ1) is 15.6. The lowest BCUT2D eigenvalue weighted by Gasteiger charge is -2.09. The lowest BCUT2D eigenvalue weighted by molar-refractivity contribution is -0.119. The van der Waals surface area contributed by atoms with E-state index in [9.17, 15) is 9.18 Å². The van der Waals surface area contributed by atoms with Crippen LogP contribution in [0.3, 0.4) is 0 Å². The molecular formula is C15H13Cl2FN2O. The van der Waals surface area contributed by atoms with Gasteiger partial charge in [0.2, 0.25) is 5.91 Å². The second-order valence-corrected chi connectivity index (χ2v) is 5.22. The molecule has 2 aromatic rings. The van der Waals surface area contributed by atoms with E-state index in [-0.39, 0.29) is 17.5 Å². The molecule has 0 atom stereocenters. The fraction of sp³-hybridized carbons (Fsp3) is 0.133. The van der Waals surface area contributed by atoms with Gasteiger partial charge < -0.3 is 10.6 Å². The van der Waals surface area contributed by atoms with E-state index in [1.165, 1.54) is 18.2 Å². The number of carbonyl (C=O) groups excluding carboxylic acids is 1. The third-order valence-corrected chi connectivity index (χ3v) is 3.34. The van der Waals surface area contributed by atoms with Crippen LogP contribution in [0.1, 0.15) is 5.56 Å². The normalized spacial score (nSPS) is 10.2. The molecular weight excluding hydrogens is 314 g/mol. The van der Waals surface area contributed by atoms with Crippen LogP contribution in [0.25, 0.3) is 0 Å². The predicted molar refractivity (Wildman–Crippen MR) is 83.2 cm³/mol. The molecule has 110 valence electrons. The monoisotopic (exact) mass is 326 g/mol. The fourth-order valence-corrected chi connectivity index (χ4v) is 2.03. The van der Waals surface area contributed by atoms with Crippen molar-refractivity contribution in [2.45, 2.75) is 6.54 Å². The summed E-state index contributed by atoms with van der Waals surface area (Å²) in [6, 6.07) is 11.2. The van der Waals surface area contributed by atoms with E-state index in [1.54, 1.807) is 12.1 Å². The van der Waals surface area contributed by atoms with Gasteiger partial charge in [0.1, 0.15) is 5.82 Å². The Kier molecular flexibility index (Phi) is 5.42. The first-order chi connectivity index (χ1) is 10.0. The average Bonchev–Trinajstić information content (AvgIpc) is 2.46. The first-order valence-electron chi connectivity index (χ1n) is 6.24. The highest BCUT2D eigenvalue weighted by Gasteiger charge is 2.05. The Labute approximate surface area is 132 Å². The van der Waals surface area contributed by atoms with Gasteiger partial charge in [-0.3, -0.25) is 4.79 Å². The maximum absolute atomic E-state index is 12.9. The van der Waals surface area contributed by atoms with Gasteiger partial charge in [-0.15, -0.1) is 0 Å². The van der Waals surface area contributed by atoms with Crippen molar-refractivity contribution in [2.24, 2.45) is 0 Å². The highest BCUT2D eigenvalue weighted by atomic mass is 35.5. The number of nitrogens with one attached hydrogen (secondary N) is 2. The summed E-state index contributed by atoms with van der Waals surface area (Å²) in [5.74, 6) is -0.608. The molecule has 0 aromatic heterocycles. The molecule has 1 amide bonds. The van der Waals surface area contributed by atoms with E-state index in [1.807, 2.05) is 12.1 Å². The molecule has 0 saturated heterocycles. The van der Waals surface area contributed by atoms with Gasteiger partial charge in [0.05, 0.1) is 17.3 Å². The molecule has 0 aliphatic heterocycles. The standard InChI is InChI=1S/C15H13Cl2FN2O/c16-11-3-1-10(2-4-11)8-20-15(21)9-19-14-6-5-12(18)7-13(14)17/h1-7,19H,8-9H2,(H,20,21). The van der Waals surface area contributed by atoms with Gasteiger partial charge >= 0.3 is 0 Å².